The lowest BCUT2D eigenvalue weighted by atomic mass is 9.46. The Morgan fingerprint density at radius 3 is 2.60 bits per heavy atom. The smallest absolute Gasteiger partial charge is 0.329 e. The van der Waals surface area contributed by atoms with Crippen molar-refractivity contribution in [1.29, 1.82) is 0 Å². The number of hydrogen-bond donors (Lipinski definition) is 2. The number of benzene rings is 1. The fourth-order valence-electron chi connectivity index (χ4n) is 8.31. The zero-order chi connectivity index (χ0) is 28.5. The van der Waals surface area contributed by atoms with Gasteiger partial charge in [-0.15, -0.1) is 0 Å². The number of nitrogens with zero attached hydrogens (tertiary/aromatic N) is 2. The molecule has 1 aromatic rings. The molecule has 2 saturated heterocycles. The van der Waals surface area contributed by atoms with Crippen LogP contribution in [0.5, 0.6) is 5.75 Å². The van der Waals surface area contributed by atoms with Gasteiger partial charge in [0.1, 0.15) is 18.0 Å². The first-order valence-electron chi connectivity index (χ1n) is 15.4. The van der Waals surface area contributed by atoms with E-state index in [4.69, 9.17) is 9.47 Å². The standard InChI is InChI=1S/C31H47N3O5Si/c1-6-34-28(36)33(20-39-13-14-40(3,4)5)27(35)30(34)9-10-31(37)26-18-24-22(15-21-7-8-21)16-23(38-2)17-25(24)29(31,19-30)11-12-32-26/h16-17,21,26,32,37H,6-15,18-20H2,1-5H3/t26-,29-,30+,31-/m1/s1. The number of carbonyl (C=O) groups is 2. The van der Waals surface area contributed by atoms with Crippen molar-refractivity contribution < 1.29 is 24.2 Å². The molecule has 0 radical (unpaired) electrons. The number of urea groups is 1. The lowest BCUT2D eigenvalue weighted by molar-refractivity contribution is -0.164. The molecule has 2 bridgehead atoms. The Kier molecular flexibility index (Phi) is 6.92. The maximum absolute atomic E-state index is 14.3. The number of methoxy groups -OCH3 is 1. The first-order valence-corrected chi connectivity index (χ1v) is 19.1. The first-order chi connectivity index (χ1) is 19.0. The molecule has 5 aliphatic rings. The normalized spacial score (nSPS) is 33.4. The number of ether oxygens (including phenoxy) is 2. The van der Waals surface area contributed by atoms with Crippen molar-refractivity contribution in [2.75, 3.05) is 33.5 Å². The zero-order valence-electron chi connectivity index (χ0n) is 25.0. The highest BCUT2D eigenvalue weighted by Crippen LogP contribution is 2.61. The van der Waals surface area contributed by atoms with Crippen LogP contribution in [-0.4, -0.2) is 85.6 Å². The van der Waals surface area contributed by atoms with E-state index in [-0.39, 0.29) is 24.7 Å². The highest BCUT2D eigenvalue weighted by Gasteiger charge is 2.71. The van der Waals surface area contributed by atoms with E-state index in [1.165, 1.54) is 28.9 Å². The van der Waals surface area contributed by atoms with Crippen LogP contribution in [0.1, 0.15) is 62.1 Å². The monoisotopic (exact) mass is 569 g/mol. The Hall–Kier alpha value is -1.94. The molecule has 4 fully saturated rings. The molecule has 2 aliphatic heterocycles. The lowest BCUT2D eigenvalue weighted by Gasteiger charge is -2.64. The fourth-order valence-corrected chi connectivity index (χ4v) is 9.07. The van der Waals surface area contributed by atoms with Gasteiger partial charge in [-0.25, -0.2) is 9.69 Å². The maximum atomic E-state index is 14.3. The molecule has 0 unspecified atom stereocenters. The number of fused-ring (bicyclic) bond motifs is 1. The van der Waals surface area contributed by atoms with Crippen LogP contribution in [0.2, 0.25) is 25.7 Å². The van der Waals surface area contributed by atoms with Crippen molar-refractivity contribution in [3.8, 4) is 5.75 Å². The molecule has 9 heteroatoms. The van der Waals surface area contributed by atoms with Gasteiger partial charge in [-0.3, -0.25) is 4.79 Å². The Bertz CT molecular complexity index is 1200. The molecule has 0 aromatic heterocycles. The van der Waals surface area contributed by atoms with Gasteiger partial charge < -0.3 is 24.8 Å². The first kappa shape index (κ1) is 28.2. The summed E-state index contributed by atoms with van der Waals surface area (Å²) in [6.07, 6.45) is 6.44. The minimum atomic E-state index is -1.29. The van der Waals surface area contributed by atoms with Gasteiger partial charge in [0.25, 0.3) is 5.91 Å². The Balaban J connectivity index is 1.39. The number of amides is 3. The summed E-state index contributed by atoms with van der Waals surface area (Å²) in [6.45, 7) is 10.6. The number of likely N-dealkylation sites (N-methyl/N-ethyl adjacent to an activating group) is 1. The Morgan fingerprint density at radius 2 is 1.93 bits per heavy atom. The highest BCUT2D eigenvalue weighted by molar-refractivity contribution is 6.76. The van der Waals surface area contributed by atoms with Crippen LogP contribution < -0.4 is 10.1 Å². The van der Waals surface area contributed by atoms with Crippen LogP contribution in [0.4, 0.5) is 4.79 Å². The predicted molar refractivity (Wildman–Crippen MR) is 156 cm³/mol. The number of piperidine rings is 1. The summed E-state index contributed by atoms with van der Waals surface area (Å²) in [5.74, 6) is 1.38. The number of rotatable bonds is 9. The average molecular weight is 570 g/mol. The third kappa shape index (κ3) is 4.25. The van der Waals surface area contributed by atoms with Crippen LogP contribution in [0.25, 0.3) is 0 Å². The second-order valence-corrected chi connectivity index (χ2v) is 19.9. The van der Waals surface area contributed by atoms with Gasteiger partial charge in [-0.1, -0.05) is 19.6 Å². The van der Waals surface area contributed by atoms with Gasteiger partial charge in [0.15, 0.2) is 0 Å². The van der Waals surface area contributed by atoms with Gasteiger partial charge in [-0.05, 0) is 106 Å². The van der Waals surface area contributed by atoms with Crippen LogP contribution >= 0.6 is 0 Å². The molecule has 40 heavy (non-hydrogen) atoms. The molecule has 4 atom stereocenters. The molecule has 3 aliphatic carbocycles. The SMILES string of the molecule is CCN1C(=O)N(COCC[Si](C)(C)C)C(=O)[C@@]12CC[C@@]1(O)[C@H]3Cc4c(CC5CC5)cc(OC)cc4[C@@]1(CCN3)C2. The fraction of sp³-hybridized carbons (Fsp3) is 0.742. The second-order valence-electron chi connectivity index (χ2n) is 14.2. The quantitative estimate of drug-likeness (QED) is 0.265. The van der Waals surface area contributed by atoms with E-state index in [1.807, 2.05) is 6.92 Å². The Labute approximate surface area is 239 Å². The summed E-state index contributed by atoms with van der Waals surface area (Å²) in [5, 5.41) is 16.2. The summed E-state index contributed by atoms with van der Waals surface area (Å²) in [6, 6.07) is 4.98. The van der Waals surface area contributed by atoms with Crippen molar-refractivity contribution in [1.82, 2.24) is 15.1 Å². The lowest BCUT2D eigenvalue weighted by Crippen LogP contribution is -2.76. The Morgan fingerprint density at radius 1 is 1.15 bits per heavy atom. The molecule has 2 heterocycles. The van der Waals surface area contributed by atoms with E-state index in [2.05, 4.69) is 37.1 Å². The van der Waals surface area contributed by atoms with Crippen molar-refractivity contribution in [2.45, 2.75) is 107 Å². The number of hydrogen-bond acceptors (Lipinski definition) is 6. The maximum Gasteiger partial charge on any atom is 0.329 e. The molecule has 3 amide bonds. The average Bonchev–Trinajstić information content (AvgIpc) is 3.69. The molecule has 1 aromatic carbocycles. The van der Waals surface area contributed by atoms with Gasteiger partial charge in [0.05, 0.1) is 12.7 Å². The molecule has 8 nitrogen and oxygen atoms in total. The number of nitrogens with one attached hydrogen (secondary N) is 1. The van der Waals surface area contributed by atoms with Crippen molar-refractivity contribution in [3.63, 3.8) is 0 Å². The van der Waals surface area contributed by atoms with Crippen molar-refractivity contribution >= 4 is 20.0 Å². The minimum absolute atomic E-state index is 0.00219. The molecule has 6 rings (SSSR count). The molecule has 2 saturated carbocycles. The van der Waals surface area contributed by atoms with E-state index in [0.717, 1.165) is 49.1 Å². The van der Waals surface area contributed by atoms with E-state index in [1.54, 1.807) is 12.0 Å². The van der Waals surface area contributed by atoms with Crippen LogP contribution in [0.15, 0.2) is 12.1 Å². The number of aliphatic hydroxyl groups is 1. The van der Waals surface area contributed by atoms with Gasteiger partial charge in [-0.2, -0.15) is 0 Å². The predicted octanol–water partition coefficient (Wildman–Crippen LogP) is 4.05. The molecule has 2 N–H and O–H groups in total. The third-order valence-electron chi connectivity index (χ3n) is 10.7. The van der Waals surface area contributed by atoms with E-state index < -0.39 is 24.6 Å². The molecule has 1 spiro atoms. The minimum Gasteiger partial charge on any atom is -0.497 e. The van der Waals surface area contributed by atoms with E-state index in [0.29, 0.717) is 32.4 Å². The van der Waals surface area contributed by atoms with Crippen LogP contribution in [0.3, 0.4) is 0 Å². The number of carbonyl (C=O) groups excluding carboxylic acids is 2. The van der Waals surface area contributed by atoms with E-state index >= 15 is 0 Å². The molecule has 220 valence electrons. The summed E-state index contributed by atoms with van der Waals surface area (Å²) >= 11 is 0. The summed E-state index contributed by atoms with van der Waals surface area (Å²) in [4.78, 5) is 31.1. The van der Waals surface area contributed by atoms with Gasteiger partial charge in [0, 0.05) is 32.7 Å². The van der Waals surface area contributed by atoms with E-state index in [9.17, 15) is 14.7 Å². The van der Waals surface area contributed by atoms with Gasteiger partial charge in [0.2, 0.25) is 0 Å². The van der Waals surface area contributed by atoms with Crippen molar-refractivity contribution in [2.24, 2.45) is 5.92 Å². The highest BCUT2D eigenvalue weighted by atomic mass is 28.3. The number of imide groups is 1. The summed E-state index contributed by atoms with van der Waals surface area (Å²) in [7, 11) is 0.419. The topological polar surface area (TPSA) is 91.3 Å². The molecular formula is C31H47N3O5Si. The second kappa shape index (κ2) is 9.82. The summed E-state index contributed by atoms with van der Waals surface area (Å²) < 4.78 is 11.7. The van der Waals surface area contributed by atoms with Crippen molar-refractivity contribution in [3.05, 3.63) is 28.8 Å². The van der Waals surface area contributed by atoms with Crippen LogP contribution in [0, 0.1) is 5.92 Å². The van der Waals surface area contributed by atoms with Crippen LogP contribution in [-0.2, 0) is 27.8 Å². The van der Waals surface area contributed by atoms with Gasteiger partial charge >= 0.3 is 6.03 Å². The summed E-state index contributed by atoms with van der Waals surface area (Å²) in [5.41, 5.74) is 1.18. The third-order valence-corrected chi connectivity index (χ3v) is 12.4. The largest absolute Gasteiger partial charge is 0.497 e. The molecular weight excluding hydrogens is 522 g/mol. The zero-order valence-corrected chi connectivity index (χ0v) is 26.0.